The summed E-state index contributed by atoms with van der Waals surface area (Å²) in [6, 6.07) is -1.80. The average molecular weight is 359 g/mol. The van der Waals surface area contributed by atoms with Gasteiger partial charge in [0.25, 0.3) is 0 Å². The van der Waals surface area contributed by atoms with Gasteiger partial charge in [-0.1, -0.05) is 0 Å². The summed E-state index contributed by atoms with van der Waals surface area (Å²) < 4.78 is 71.2. The maximum absolute atomic E-state index is 13.2. The van der Waals surface area contributed by atoms with E-state index in [4.69, 9.17) is 4.74 Å². The predicted octanol–water partition coefficient (Wildman–Crippen LogP) is 0.311. The molecule has 2 N–H and O–H groups in total. The van der Waals surface area contributed by atoms with Gasteiger partial charge < -0.3 is 10.1 Å². The minimum atomic E-state index is -4.47. The number of hydrogen-bond donors (Lipinski definition) is 2. The van der Waals surface area contributed by atoms with Crippen molar-refractivity contribution < 1.29 is 26.3 Å². The van der Waals surface area contributed by atoms with Gasteiger partial charge in [0.05, 0.1) is 11.9 Å². The number of nitrogens with one attached hydrogen (secondary N) is 2. The molecule has 2 atom stereocenters. The number of ether oxygens (including phenoxy) is 1. The van der Waals surface area contributed by atoms with Crippen molar-refractivity contribution in [3.8, 4) is 0 Å². The highest BCUT2D eigenvalue weighted by Crippen LogP contribution is 2.25. The summed E-state index contributed by atoms with van der Waals surface area (Å²) in [5, 5.41) is 2.98. The van der Waals surface area contributed by atoms with E-state index >= 15 is 0 Å². The van der Waals surface area contributed by atoms with Crippen molar-refractivity contribution in [1.82, 2.24) is 14.9 Å². The van der Waals surface area contributed by atoms with Gasteiger partial charge in [-0.15, -0.1) is 0 Å². The Morgan fingerprint density at radius 1 is 1.26 bits per heavy atom. The largest absolute Gasteiger partial charge is 0.405 e. The van der Waals surface area contributed by atoms with Crippen LogP contribution in [0.25, 0.3) is 0 Å². The van der Waals surface area contributed by atoms with Crippen LogP contribution in [0.5, 0.6) is 0 Å². The van der Waals surface area contributed by atoms with Crippen LogP contribution in [0.15, 0.2) is 0 Å². The fourth-order valence-electron chi connectivity index (χ4n) is 2.89. The zero-order valence-electron chi connectivity index (χ0n) is 12.9. The van der Waals surface area contributed by atoms with Gasteiger partial charge in [-0.3, -0.25) is 4.90 Å². The van der Waals surface area contributed by atoms with Crippen LogP contribution in [-0.2, 0) is 14.8 Å². The Kier molecular flexibility index (Phi) is 6.66. The zero-order chi connectivity index (χ0) is 16.9. The summed E-state index contributed by atoms with van der Waals surface area (Å²) in [6.07, 6.45) is -2.50. The van der Waals surface area contributed by atoms with E-state index in [1.54, 1.807) is 0 Å². The molecule has 10 heteroatoms. The molecule has 6 nitrogen and oxygen atoms in total. The Morgan fingerprint density at radius 2 is 1.96 bits per heavy atom. The van der Waals surface area contributed by atoms with Gasteiger partial charge in [-0.25, -0.2) is 13.1 Å². The molecule has 0 aromatic heterocycles. The molecule has 0 bridgehead atoms. The number of rotatable bonds is 6. The first-order valence-electron chi connectivity index (χ1n) is 7.88. The van der Waals surface area contributed by atoms with Gasteiger partial charge in [-0.05, 0) is 19.3 Å². The summed E-state index contributed by atoms with van der Waals surface area (Å²) in [6.45, 7) is 1.28. The van der Waals surface area contributed by atoms with Crippen molar-refractivity contribution in [3.05, 3.63) is 0 Å². The SMILES string of the molecule is O=S(=O)(CC1CCCCO1)NCC(N1CCNCC1)C(F)(F)F. The molecular formula is C13H24F3N3O3S. The third-order valence-corrected chi connectivity index (χ3v) is 5.56. The molecule has 2 aliphatic heterocycles. The van der Waals surface area contributed by atoms with E-state index in [2.05, 4.69) is 10.0 Å². The van der Waals surface area contributed by atoms with E-state index in [1.165, 1.54) is 4.90 Å². The molecule has 2 fully saturated rings. The first-order valence-corrected chi connectivity index (χ1v) is 9.53. The molecule has 0 aromatic rings. The summed E-state index contributed by atoms with van der Waals surface area (Å²) in [4.78, 5) is 1.27. The molecule has 0 amide bonds. The van der Waals surface area contributed by atoms with E-state index in [9.17, 15) is 21.6 Å². The van der Waals surface area contributed by atoms with Gasteiger partial charge in [0.1, 0.15) is 6.04 Å². The van der Waals surface area contributed by atoms with Crippen molar-refractivity contribution in [1.29, 1.82) is 0 Å². The maximum atomic E-state index is 13.2. The lowest BCUT2D eigenvalue weighted by molar-refractivity contribution is -0.182. The Labute approximate surface area is 134 Å². The van der Waals surface area contributed by atoms with E-state index in [-0.39, 0.29) is 18.8 Å². The van der Waals surface area contributed by atoms with Gasteiger partial charge >= 0.3 is 6.18 Å². The number of halogens is 3. The third kappa shape index (κ3) is 6.18. The Hall–Kier alpha value is -0.420. The molecule has 2 heterocycles. The smallest absolute Gasteiger partial charge is 0.377 e. The molecule has 23 heavy (non-hydrogen) atoms. The molecule has 136 valence electrons. The van der Waals surface area contributed by atoms with Crippen LogP contribution in [0.2, 0.25) is 0 Å². The zero-order valence-corrected chi connectivity index (χ0v) is 13.8. The molecule has 0 aliphatic carbocycles. The fraction of sp³-hybridized carbons (Fsp3) is 1.00. The average Bonchev–Trinajstić information content (AvgIpc) is 2.47. The highest BCUT2D eigenvalue weighted by molar-refractivity contribution is 7.89. The van der Waals surface area contributed by atoms with Crippen molar-refractivity contribution in [2.75, 3.05) is 45.1 Å². The molecule has 0 aromatic carbocycles. The Balaban J connectivity index is 1.91. The second-order valence-corrected chi connectivity index (χ2v) is 7.81. The minimum Gasteiger partial charge on any atom is -0.377 e. The summed E-state index contributed by atoms with van der Waals surface area (Å²) in [5.74, 6) is -0.279. The van der Waals surface area contributed by atoms with Crippen LogP contribution in [0.1, 0.15) is 19.3 Å². The number of hydrogen-bond acceptors (Lipinski definition) is 5. The topological polar surface area (TPSA) is 70.7 Å². The molecule has 2 aliphatic rings. The van der Waals surface area contributed by atoms with Crippen LogP contribution >= 0.6 is 0 Å². The lowest BCUT2D eigenvalue weighted by Crippen LogP contribution is -2.57. The van der Waals surface area contributed by atoms with Gasteiger partial charge in [0, 0.05) is 39.3 Å². The first-order chi connectivity index (χ1) is 10.8. The van der Waals surface area contributed by atoms with Crippen molar-refractivity contribution in [2.24, 2.45) is 0 Å². The summed E-state index contributed by atoms with van der Waals surface area (Å²) >= 11 is 0. The molecule has 0 spiro atoms. The first kappa shape index (κ1) is 18.9. The third-order valence-electron chi connectivity index (χ3n) is 4.15. The van der Waals surface area contributed by atoms with E-state index in [0.29, 0.717) is 26.1 Å². The van der Waals surface area contributed by atoms with Crippen LogP contribution in [0.4, 0.5) is 13.2 Å². The Morgan fingerprint density at radius 3 is 2.52 bits per heavy atom. The van der Waals surface area contributed by atoms with E-state index < -0.39 is 34.9 Å². The lowest BCUT2D eigenvalue weighted by Gasteiger charge is -2.36. The van der Waals surface area contributed by atoms with Crippen LogP contribution < -0.4 is 10.0 Å². The Bertz CT molecular complexity index is 461. The highest BCUT2D eigenvalue weighted by Gasteiger charge is 2.44. The normalized spacial score (nSPS) is 26.1. The number of alkyl halides is 3. The quantitative estimate of drug-likeness (QED) is 0.714. The molecule has 2 saturated heterocycles. The van der Waals surface area contributed by atoms with Crippen molar-refractivity contribution in [3.63, 3.8) is 0 Å². The lowest BCUT2D eigenvalue weighted by atomic mass is 10.1. The van der Waals surface area contributed by atoms with Gasteiger partial charge in [0.15, 0.2) is 0 Å². The number of piperazine rings is 1. The monoisotopic (exact) mass is 359 g/mol. The van der Waals surface area contributed by atoms with E-state index in [1.807, 2.05) is 0 Å². The fourth-order valence-corrected chi connectivity index (χ4v) is 4.18. The summed E-state index contributed by atoms with van der Waals surface area (Å²) in [5.41, 5.74) is 0. The second-order valence-electron chi connectivity index (χ2n) is 5.96. The number of sulfonamides is 1. The molecule has 0 saturated carbocycles. The molecule has 2 rings (SSSR count). The maximum Gasteiger partial charge on any atom is 0.405 e. The van der Waals surface area contributed by atoms with Crippen molar-refractivity contribution >= 4 is 10.0 Å². The highest BCUT2D eigenvalue weighted by atomic mass is 32.2. The molecule has 2 unspecified atom stereocenters. The molecular weight excluding hydrogens is 335 g/mol. The van der Waals surface area contributed by atoms with Crippen LogP contribution in [0, 0.1) is 0 Å². The summed E-state index contributed by atoms with van der Waals surface area (Å²) in [7, 11) is -3.79. The van der Waals surface area contributed by atoms with Crippen LogP contribution in [0.3, 0.4) is 0 Å². The van der Waals surface area contributed by atoms with Crippen molar-refractivity contribution in [2.45, 2.75) is 37.6 Å². The standard InChI is InChI=1S/C13H24F3N3O3S/c14-13(15,16)12(19-6-4-17-5-7-19)9-18-23(20,21)10-11-3-1-2-8-22-11/h11-12,17-18H,1-10H2. The second kappa shape index (κ2) is 8.11. The van der Waals surface area contributed by atoms with E-state index in [0.717, 1.165) is 12.8 Å². The van der Waals surface area contributed by atoms with Crippen LogP contribution in [-0.4, -0.2) is 76.7 Å². The van der Waals surface area contributed by atoms with Gasteiger partial charge in [-0.2, -0.15) is 13.2 Å². The predicted molar refractivity (Wildman–Crippen MR) is 79.7 cm³/mol. The number of nitrogens with zero attached hydrogens (tertiary/aromatic N) is 1. The minimum absolute atomic E-state index is 0.248. The van der Waals surface area contributed by atoms with Gasteiger partial charge in [0.2, 0.25) is 10.0 Å². The molecule has 0 radical (unpaired) electrons.